The number of carbonyl (C=O) groups is 2. The molecule has 1 aliphatic carbocycles. The van der Waals surface area contributed by atoms with E-state index in [0.717, 1.165) is 30.2 Å². The Morgan fingerprint density at radius 1 is 1.06 bits per heavy atom. The normalized spacial score (nSPS) is 23.1. The van der Waals surface area contributed by atoms with Gasteiger partial charge in [-0.2, -0.15) is 0 Å². The molecule has 1 heterocycles. The van der Waals surface area contributed by atoms with E-state index in [1.807, 2.05) is 36.4 Å². The summed E-state index contributed by atoms with van der Waals surface area (Å²) in [7, 11) is 1.77. The Morgan fingerprint density at radius 3 is 2.67 bits per heavy atom. The molecule has 174 valence electrons. The van der Waals surface area contributed by atoms with Gasteiger partial charge in [0.25, 0.3) is 0 Å². The Kier molecular flexibility index (Phi) is 7.98. The Balaban J connectivity index is 1.21. The lowest BCUT2D eigenvalue weighted by molar-refractivity contribution is -0.121. The fraction of sp³-hybridized carbons (Fsp3) is 0.448. The molecular weight excluding hydrogens is 410 g/mol. The van der Waals surface area contributed by atoms with E-state index in [2.05, 4.69) is 30.3 Å². The maximum atomic E-state index is 12.8. The molecule has 3 atom stereocenters. The zero-order valence-corrected chi connectivity index (χ0v) is 19.6. The molecule has 33 heavy (non-hydrogen) atoms. The number of hydrogen-bond donors (Lipinski definition) is 0. The van der Waals surface area contributed by atoms with Gasteiger partial charge in [0, 0.05) is 19.9 Å². The molecule has 2 aliphatic rings. The monoisotopic (exact) mass is 445 g/mol. The summed E-state index contributed by atoms with van der Waals surface area (Å²) in [4.78, 5) is 26.9. The summed E-state index contributed by atoms with van der Waals surface area (Å²) < 4.78 is 5.84. The molecule has 2 aromatic rings. The van der Waals surface area contributed by atoms with Crippen LogP contribution in [0.5, 0.6) is 5.75 Å². The average molecular weight is 446 g/mol. The van der Waals surface area contributed by atoms with Crippen molar-refractivity contribution in [3.63, 3.8) is 0 Å². The molecule has 0 radical (unpaired) electrons. The van der Waals surface area contributed by atoms with Crippen molar-refractivity contribution in [1.82, 2.24) is 0 Å². The van der Waals surface area contributed by atoms with E-state index in [-0.39, 0.29) is 17.6 Å². The van der Waals surface area contributed by atoms with Crippen LogP contribution in [-0.4, -0.2) is 25.3 Å². The van der Waals surface area contributed by atoms with Gasteiger partial charge in [-0.1, -0.05) is 73.9 Å². The number of ketones is 1. The molecule has 0 bridgehead atoms. The second-order valence-corrected chi connectivity index (χ2v) is 9.58. The van der Waals surface area contributed by atoms with Crippen LogP contribution < -0.4 is 9.64 Å². The molecule has 4 nitrogen and oxygen atoms in total. The third-order valence-corrected chi connectivity index (χ3v) is 7.10. The summed E-state index contributed by atoms with van der Waals surface area (Å²) in [6.07, 6.45) is 11.9. The maximum absolute atomic E-state index is 12.8. The standard InChI is InChI=1S/C29H35NO3/c1-30-27-15-5-6-16-28(27)33-21-25(29(30)32)13-8-14-26(31)18-17-23-11-7-12-24(20-23)19-22-9-3-2-4-10-22/h2-6,8-10,13,15-16,23-25H,7,11-12,14,17-21H2,1H3/b13-8+/t23?,24-,25+/m1/s1. The summed E-state index contributed by atoms with van der Waals surface area (Å²) in [5.74, 6) is 2.00. The average Bonchev–Trinajstić information content (AvgIpc) is 2.96. The fourth-order valence-corrected chi connectivity index (χ4v) is 5.24. The number of anilines is 1. The topological polar surface area (TPSA) is 46.6 Å². The minimum absolute atomic E-state index is 0.00434. The van der Waals surface area contributed by atoms with Crippen molar-refractivity contribution in [1.29, 1.82) is 0 Å². The first-order chi connectivity index (χ1) is 16.1. The first kappa shape index (κ1) is 23.3. The molecule has 0 saturated heterocycles. The lowest BCUT2D eigenvalue weighted by Gasteiger charge is -2.29. The van der Waals surface area contributed by atoms with Gasteiger partial charge in [-0.25, -0.2) is 0 Å². The highest BCUT2D eigenvalue weighted by atomic mass is 16.5. The van der Waals surface area contributed by atoms with Crippen molar-refractivity contribution < 1.29 is 14.3 Å². The van der Waals surface area contributed by atoms with Crippen molar-refractivity contribution in [2.24, 2.45) is 17.8 Å². The molecule has 4 rings (SSSR count). The number of benzene rings is 2. The second kappa shape index (κ2) is 11.3. The molecule has 4 heteroatoms. The van der Waals surface area contributed by atoms with Crippen LogP contribution in [0, 0.1) is 17.8 Å². The van der Waals surface area contributed by atoms with Crippen molar-refractivity contribution in [2.75, 3.05) is 18.6 Å². The molecular formula is C29H35NO3. The SMILES string of the molecule is CN1C(=O)[C@@H](/C=C/CC(=O)CCC2CCC[C@H](Cc3ccccc3)C2)COc2ccccc21. The lowest BCUT2D eigenvalue weighted by Crippen LogP contribution is -2.32. The van der Waals surface area contributed by atoms with Crippen LogP contribution in [0.1, 0.15) is 50.5 Å². The molecule has 1 aliphatic heterocycles. The quantitative estimate of drug-likeness (QED) is 0.468. The number of nitrogens with zero attached hydrogens (tertiary/aromatic N) is 1. The van der Waals surface area contributed by atoms with Gasteiger partial charge in [-0.05, 0) is 48.8 Å². The van der Waals surface area contributed by atoms with Crippen molar-refractivity contribution in [3.8, 4) is 5.75 Å². The zero-order valence-electron chi connectivity index (χ0n) is 19.6. The van der Waals surface area contributed by atoms with Crippen molar-refractivity contribution in [3.05, 3.63) is 72.3 Å². The highest BCUT2D eigenvalue weighted by Crippen LogP contribution is 2.34. The number of amides is 1. The molecule has 0 spiro atoms. The van der Waals surface area contributed by atoms with Crippen LogP contribution in [0.15, 0.2) is 66.7 Å². The van der Waals surface area contributed by atoms with Crippen LogP contribution in [0.3, 0.4) is 0 Å². The van der Waals surface area contributed by atoms with Gasteiger partial charge in [-0.3, -0.25) is 9.59 Å². The fourth-order valence-electron chi connectivity index (χ4n) is 5.24. The molecule has 1 unspecified atom stereocenters. The first-order valence-corrected chi connectivity index (χ1v) is 12.3. The van der Waals surface area contributed by atoms with Gasteiger partial charge in [0.1, 0.15) is 18.1 Å². The number of para-hydroxylation sites is 2. The summed E-state index contributed by atoms with van der Waals surface area (Å²) >= 11 is 0. The largest absolute Gasteiger partial charge is 0.490 e. The molecule has 1 amide bonds. The minimum Gasteiger partial charge on any atom is -0.490 e. The van der Waals surface area contributed by atoms with Gasteiger partial charge < -0.3 is 9.64 Å². The molecule has 1 saturated carbocycles. The molecule has 2 aromatic carbocycles. The number of hydrogen-bond acceptors (Lipinski definition) is 3. The summed E-state index contributed by atoms with van der Waals surface area (Å²) in [6, 6.07) is 18.3. The van der Waals surface area contributed by atoms with Crippen LogP contribution in [0.25, 0.3) is 0 Å². The zero-order chi connectivity index (χ0) is 23.0. The predicted molar refractivity (Wildman–Crippen MR) is 132 cm³/mol. The number of rotatable bonds is 8. The summed E-state index contributed by atoms with van der Waals surface area (Å²) in [5.41, 5.74) is 2.21. The lowest BCUT2D eigenvalue weighted by atomic mass is 9.76. The van der Waals surface area contributed by atoms with E-state index >= 15 is 0 Å². The van der Waals surface area contributed by atoms with Crippen LogP contribution in [-0.2, 0) is 16.0 Å². The van der Waals surface area contributed by atoms with Gasteiger partial charge in [0.05, 0.1) is 11.6 Å². The van der Waals surface area contributed by atoms with Gasteiger partial charge in [0.15, 0.2) is 0 Å². The third kappa shape index (κ3) is 6.34. The molecule has 0 aromatic heterocycles. The Bertz CT molecular complexity index is 968. The number of carbonyl (C=O) groups excluding carboxylic acids is 2. The molecule has 0 N–H and O–H groups in total. The summed E-state index contributed by atoms with van der Waals surface area (Å²) in [6.45, 7) is 0.301. The highest BCUT2D eigenvalue weighted by Gasteiger charge is 2.27. The summed E-state index contributed by atoms with van der Waals surface area (Å²) in [5, 5.41) is 0. The van der Waals surface area contributed by atoms with Crippen molar-refractivity contribution >= 4 is 17.4 Å². The van der Waals surface area contributed by atoms with Crippen molar-refractivity contribution in [2.45, 2.75) is 51.4 Å². The minimum atomic E-state index is -0.368. The van der Waals surface area contributed by atoms with Crippen LogP contribution in [0.2, 0.25) is 0 Å². The number of fused-ring (bicyclic) bond motifs is 1. The Hall–Kier alpha value is -2.88. The first-order valence-electron chi connectivity index (χ1n) is 12.3. The van der Waals surface area contributed by atoms with Gasteiger partial charge >= 0.3 is 0 Å². The number of ether oxygens (including phenoxy) is 1. The van der Waals surface area contributed by atoms with Gasteiger partial charge in [-0.15, -0.1) is 0 Å². The Morgan fingerprint density at radius 2 is 1.82 bits per heavy atom. The van der Waals surface area contributed by atoms with E-state index in [1.165, 1.54) is 31.2 Å². The van der Waals surface area contributed by atoms with Crippen LogP contribution >= 0.6 is 0 Å². The molecule has 1 fully saturated rings. The Labute approximate surface area is 197 Å². The number of Topliss-reactive ketones (excluding diaryl/α,β-unsaturated/α-hetero) is 1. The van der Waals surface area contributed by atoms with E-state index in [0.29, 0.717) is 25.4 Å². The van der Waals surface area contributed by atoms with E-state index in [9.17, 15) is 9.59 Å². The second-order valence-electron chi connectivity index (χ2n) is 9.58. The smallest absolute Gasteiger partial charge is 0.237 e. The maximum Gasteiger partial charge on any atom is 0.237 e. The third-order valence-electron chi connectivity index (χ3n) is 7.10. The van der Waals surface area contributed by atoms with E-state index in [1.54, 1.807) is 11.9 Å². The van der Waals surface area contributed by atoms with E-state index in [4.69, 9.17) is 4.74 Å². The number of allylic oxidation sites excluding steroid dienone is 1. The van der Waals surface area contributed by atoms with Gasteiger partial charge in [0.2, 0.25) is 5.91 Å². The van der Waals surface area contributed by atoms with E-state index < -0.39 is 0 Å². The van der Waals surface area contributed by atoms with Crippen LogP contribution in [0.4, 0.5) is 5.69 Å². The predicted octanol–water partition coefficient (Wildman–Crippen LogP) is 6.00. The highest BCUT2D eigenvalue weighted by molar-refractivity contribution is 5.97.